The summed E-state index contributed by atoms with van der Waals surface area (Å²) in [5.41, 5.74) is 5.36. The van der Waals surface area contributed by atoms with E-state index in [1.54, 1.807) is 6.08 Å². The minimum atomic E-state index is -4.35. The molecule has 3 atom stereocenters. The molecular formula is C43H81N2O6P. The number of carbonyl (C=O) groups is 1. The summed E-state index contributed by atoms with van der Waals surface area (Å²) in [6.45, 7) is 4.05. The number of rotatable bonds is 39. The first kappa shape index (κ1) is 50.5. The second kappa shape index (κ2) is 39.2. The molecule has 0 fully saturated rings. The number of nitrogens with one attached hydrogen (secondary N) is 1. The first-order valence-electron chi connectivity index (χ1n) is 21.3. The minimum absolute atomic E-state index is 0.0703. The lowest BCUT2D eigenvalue weighted by molar-refractivity contribution is -0.123. The maximum absolute atomic E-state index is 12.7. The number of hydrogen-bond acceptors (Lipinski definition) is 6. The Balaban J connectivity index is 4.20. The first-order valence-corrected chi connectivity index (χ1v) is 22.8. The van der Waals surface area contributed by atoms with E-state index in [0.717, 1.165) is 51.4 Å². The maximum atomic E-state index is 12.7. The maximum Gasteiger partial charge on any atom is 0.472 e. The smallest absolute Gasteiger partial charge is 0.387 e. The topological polar surface area (TPSA) is 131 Å². The zero-order valence-corrected chi connectivity index (χ0v) is 34.4. The van der Waals surface area contributed by atoms with Crippen LogP contribution in [0, 0.1) is 0 Å². The summed E-state index contributed by atoms with van der Waals surface area (Å²) in [4.78, 5) is 22.6. The molecule has 0 rings (SSSR count). The van der Waals surface area contributed by atoms with Gasteiger partial charge in [-0.25, -0.2) is 4.57 Å². The van der Waals surface area contributed by atoms with E-state index < -0.39 is 20.0 Å². The van der Waals surface area contributed by atoms with Crippen LogP contribution in [0.5, 0.6) is 0 Å². The van der Waals surface area contributed by atoms with Gasteiger partial charge >= 0.3 is 7.82 Å². The molecule has 0 radical (unpaired) electrons. The number of unbranched alkanes of at least 4 members (excludes halogenated alkanes) is 21. The molecule has 0 bridgehead atoms. The van der Waals surface area contributed by atoms with Crippen LogP contribution in [0.2, 0.25) is 0 Å². The van der Waals surface area contributed by atoms with Crippen LogP contribution in [0.1, 0.15) is 187 Å². The van der Waals surface area contributed by atoms with E-state index in [2.05, 4.69) is 55.6 Å². The molecule has 0 saturated heterocycles. The summed E-state index contributed by atoms with van der Waals surface area (Å²) in [7, 11) is -4.35. The lowest BCUT2D eigenvalue weighted by Gasteiger charge is -2.23. The van der Waals surface area contributed by atoms with Crippen molar-refractivity contribution in [3.8, 4) is 0 Å². The van der Waals surface area contributed by atoms with Gasteiger partial charge in [0.05, 0.1) is 25.4 Å². The van der Waals surface area contributed by atoms with E-state index in [0.29, 0.717) is 6.42 Å². The molecule has 0 heterocycles. The van der Waals surface area contributed by atoms with Gasteiger partial charge in [0.15, 0.2) is 0 Å². The van der Waals surface area contributed by atoms with Gasteiger partial charge < -0.3 is 21.1 Å². The SMILES string of the molecule is CCCC/C=C/CC/C=C/CC/C=C/C(O)C(COP(=O)(O)OCCN)NC(=O)CCCCCCCCCCC/C=C\CCCCCCCCCC. The third-order valence-electron chi connectivity index (χ3n) is 9.10. The summed E-state index contributed by atoms with van der Waals surface area (Å²) in [6, 6.07) is -0.883. The predicted molar refractivity (Wildman–Crippen MR) is 221 cm³/mol. The Labute approximate surface area is 320 Å². The van der Waals surface area contributed by atoms with Crippen molar-refractivity contribution in [1.82, 2.24) is 5.32 Å². The fourth-order valence-electron chi connectivity index (χ4n) is 5.85. The van der Waals surface area contributed by atoms with Crippen LogP contribution < -0.4 is 11.1 Å². The quantitative estimate of drug-likeness (QED) is 0.0279. The molecule has 9 heteroatoms. The van der Waals surface area contributed by atoms with E-state index in [1.165, 1.54) is 116 Å². The third-order valence-corrected chi connectivity index (χ3v) is 10.1. The molecule has 0 aliphatic rings. The number of aliphatic hydroxyl groups is 1. The number of phosphoric acid groups is 1. The zero-order valence-electron chi connectivity index (χ0n) is 33.5. The van der Waals surface area contributed by atoms with Gasteiger partial charge in [-0.2, -0.15) is 0 Å². The fraction of sp³-hybridized carbons (Fsp3) is 0.791. The molecule has 0 spiro atoms. The van der Waals surface area contributed by atoms with E-state index >= 15 is 0 Å². The monoisotopic (exact) mass is 753 g/mol. The van der Waals surface area contributed by atoms with Gasteiger partial charge in [-0.15, -0.1) is 0 Å². The number of aliphatic hydroxyl groups excluding tert-OH is 1. The Morgan fingerprint density at radius 2 is 1.04 bits per heavy atom. The highest BCUT2D eigenvalue weighted by Gasteiger charge is 2.26. The molecule has 0 aromatic heterocycles. The van der Waals surface area contributed by atoms with E-state index in [9.17, 15) is 19.4 Å². The summed E-state index contributed by atoms with van der Waals surface area (Å²) in [5, 5.41) is 13.6. The summed E-state index contributed by atoms with van der Waals surface area (Å²) in [5.74, 6) is -0.213. The fourth-order valence-corrected chi connectivity index (χ4v) is 6.61. The second-order valence-electron chi connectivity index (χ2n) is 14.2. The number of carbonyl (C=O) groups excluding carboxylic acids is 1. The Morgan fingerprint density at radius 1 is 0.615 bits per heavy atom. The number of allylic oxidation sites excluding steroid dienone is 7. The first-order chi connectivity index (χ1) is 25.4. The van der Waals surface area contributed by atoms with Gasteiger partial charge in [-0.05, 0) is 64.2 Å². The van der Waals surface area contributed by atoms with Gasteiger partial charge in [-0.3, -0.25) is 13.8 Å². The molecule has 3 unspecified atom stereocenters. The van der Waals surface area contributed by atoms with Crippen LogP contribution in [0.15, 0.2) is 48.6 Å². The molecule has 1 amide bonds. The second-order valence-corrected chi connectivity index (χ2v) is 15.6. The summed E-state index contributed by atoms with van der Waals surface area (Å²) >= 11 is 0. The minimum Gasteiger partial charge on any atom is -0.387 e. The third kappa shape index (κ3) is 36.8. The van der Waals surface area contributed by atoms with Crippen LogP contribution in [0.4, 0.5) is 0 Å². The van der Waals surface area contributed by atoms with E-state index in [-0.39, 0.29) is 25.7 Å². The molecule has 0 aliphatic heterocycles. The van der Waals surface area contributed by atoms with Crippen molar-refractivity contribution in [3.63, 3.8) is 0 Å². The largest absolute Gasteiger partial charge is 0.472 e. The Kier molecular flexibility index (Phi) is 38.0. The number of amides is 1. The van der Waals surface area contributed by atoms with Crippen molar-refractivity contribution in [3.05, 3.63) is 48.6 Å². The van der Waals surface area contributed by atoms with Crippen LogP contribution in [0.25, 0.3) is 0 Å². The van der Waals surface area contributed by atoms with Crippen LogP contribution in [-0.2, 0) is 18.4 Å². The molecule has 5 N–H and O–H groups in total. The number of hydrogen-bond donors (Lipinski definition) is 4. The van der Waals surface area contributed by atoms with E-state index in [4.69, 9.17) is 14.8 Å². The van der Waals surface area contributed by atoms with Gasteiger partial charge in [0.25, 0.3) is 0 Å². The number of phosphoric ester groups is 1. The number of nitrogens with two attached hydrogens (primary N) is 1. The lowest BCUT2D eigenvalue weighted by atomic mass is 10.0. The summed E-state index contributed by atoms with van der Waals surface area (Å²) < 4.78 is 22.0. The van der Waals surface area contributed by atoms with Crippen molar-refractivity contribution in [1.29, 1.82) is 0 Å². The highest BCUT2D eigenvalue weighted by Crippen LogP contribution is 2.43. The average molecular weight is 753 g/mol. The molecule has 0 saturated carbocycles. The zero-order chi connectivity index (χ0) is 38.2. The van der Waals surface area contributed by atoms with Crippen LogP contribution in [-0.4, -0.2) is 47.8 Å². The molecule has 0 aromatic rings. The van der Waals surface area contributed by atoms with Gasteiger partial charge in [0.2, 0.25) is 5.91 Å². The molecule has 0 aliphatic carbocycles. The van der Waals surface area contributed by atoms with E-state index in [1.807, 2.05) is 6.08 Å². The van der Waals surface area contributed by atoms with Crippen molar-refractivity contribution >= 4 is 13.7 Å². The standard InChI is InChI=1S/C43H81N2O6P/c1-3-5-7-9-11-13-15-17-18-19-20-21-22-23-24-25-27-29-31-33-35-37-43(47)45-41(40-51-52(48,49)50-39-38-44)42(46)36-34-32-30-28-26-16-14-12-10-8-6-4-2/h10,12,19-20,26,28,34,36,41-42,46H,3-9,11,13-18,21-25,27,29-33,35,37-40,44H2,1-2H3,(H,45,47)(H,48,49)/b12-10+,20-19-,28-26+,36-34+. The van der Waals surface area contributed by atoms with Gasteiger partial charge in [0, 0.05) is 13.0 Å². The molecule has 52 heavy (non-hydrogen) atoms. The summed E-state index contributed by atoms with van der Waals surface area (Å²) in [6.07, 6.45) is 47.4. The van der Waals surface area contributed by atoms with Gasteiger partial charge in [-0.1, -0.05) is 165 Å². The lowest BCUT2D eigenvalue weighted by Crippen LogP contribution is -2.45. The van der Waals surface area contributed by atoms with Crippen LogP contribution >= 0.6 is 7.82 Å². The van der Waals surface area contributed by atoms with Crippen molar-refractivity contribution < 1.29 is 28.4 Å². The van der Waals surface area contributed by atoms with Crippen molar-refractivity contribution in [2.45, 2.75) is 199 Å². The highest BCUT2D eigenvalue weighted by atomic mass is 31.2. The Bertz CT molecular complexity index is 954. The molecular weight excluding hydrogens is 671 g/mol. The normalized spacial score (nSPS) is 14.6. The Morgan fingerprint density at radius 3 is 1.54 bits per heavy atom. The molecule has 8 nitrogen and oxygen atoms in total. The van der Waals surface area contributed by atoms with Crippen molar-refractivity contribution in [2.24, 2.45) is 5.73 Å². The van der Waals surface area contributed by atoms with Gasteiger partial charge in [0.1, 0.15) is 0 Å². The van der Waals surface area contributed by atoms with Crippen molar-refractivity contribution in [2.75, 3.05) is 19.8 Å². The molecule has 304 valence electrons. The van der Waals surface area contributed by atoms with Crippen LogP contribution in [0.3, 0.4) is 0 Å². The predicted octanol–water partition coefficient (Wildman–Crippen LogP) is 11.7. The highest BCUT2D eigenvalue weighted by molar-refractivity contribution is 7.47. The Hall–Kier alpha value is -1.54. The molecule has 0 aromatic carbocycles. The average Bonchev–Trinajstić information content (AvgIpc) is 3.13.